The largest absolute Gasteiger partial charge is 0.497 e. The van der Waals surface area contributed by atoms with Gasteiger partial charge in [-0.05, 0) is 86.6 Å². The molecule has 0 amide bonds. The summed E-state index contributed by atoms with van der Waals surface area (Å²) in [4.78, 5) is 13.4. The molecule has 4 saturated carbocycles. The predicted octanol–water partition coefficient (Wildman–Crippen LogP) is 4.93. The monoisotopic (exact) mass is 448 g/mol. The smallest absolute Gasteiger partial charge is 0.338 e. The van der Waals surface area contributed by atoms with Crippen molar-refractivity contribution in [2.24, 2.45) is 17.8 Å². The molecule has 6 nitrogen and oxygen atoms in total. The second-order valence-electron chi connectivity index (χ2n) is 10.5. The van der Waals surface area contributed by atoms with Gasteiger partial charge in [0.05, 0.1) is 24.8 Å². The number of carbonyl (C=O) groups excluding carboxylic acids is 1. The minimum absolute atomic E-state index is 0.135. The Bertz CT molecular complexity index is 1090. The summed E-state index contributed by atoms with van der Waals surface area (Å²) in [6.07, 6.45) is 6.12. The summed E-state index contributed by atoms with van der Waals surface area (Å²) >= 11 is 0. The van der Waals surface area contributed by atoms with Crippen LogP contribution in [0.25, 0.3) is 0 Å². The molecule has 2 aliphatic heterocycles. The van der Waals surface area contributed by atoms with Crippen molar-refractivity contribution in [2.75, 3.05) is 13.7 Å². The van der Waals surface area contributed by atoms with Gasteiger partial charge in [-0.25, -0.2) is 4.79 Å². The van der Waals surface area contributed by atoms with E-state index in [0.717, 1.165) is 24.8 Å². The lowest BCUT2D eigenvalue weighted by Crippen LogP contribution is -2.53. The Morgan fingerprint density at radius 1 is 0.939 bits per heavy atom. The molecule has 2 heterocycles. The van der Waals surface area contributed by atoms with E-state index in [1.54, 1.807) is 7.11 Å². The van der Waals surface area contributed by atoms with Crippen molar-refractivity contribution in [3.8, 4) is 17.2 Å². The zero-order chi connectivity index (χ0) is 22.2. The molecule has 33 heavy (non-hydrogen) atoms. The summed E-state index contributed by atoms with van der Waals surface area (Å²) in [5, 5.41) is 0. The number of benzene rings is 2. The first-order valence-electron chi connectivity index (χ1n) is 12.1. The molecule has 2 aromatic rings. The van der Waals surface area contributed by atoms with Gasteiger partial charge in [0.1, 0.15) is 22.8 Å². The average Bonchev–Trinajstić information content (AvgIpc) is 3.24. The molecule has 6 aliphatic rings. The quantitative estimate of drug-likeness (QED) is 0.621. The van der Waals surface area contributed by atoms with Crippen LogP contribution in [0.2, 0.25) is 0 Å². The third-order valence-corrected chi connectivity index (χ3v) is 8.31. The third-order valence-electron chi connectivity index (χ3n) is 8.31. The first-order chi connectivity index (χ1) is 16.1. The summed E-state index contributed by atoms with van der Waals surface area (Å²) < 4.78 is 30.7. The fourth-order valence-corrected chi connectivity index (χ4v) is 7.37. The molecule has 4 aliphatic carbocycles. The van der Waals surface area contributed by atoms with Crippen LogP contribution in [0, 0.1) is 17.8 Å². The Kier molecular flexibility index (Phi) is 4.19. The summed E-state index contributed by atoms with van der Waals surface area (Å²) in [5.41, 5.74) is 1.14. The number of ether oxygens (including phenoxy) is 5. The van der Waals surface area contributed by atoms with Gasteiger partial charge in [0, 0.05) is 0 Å². The topological polar surface area (TPSA) is 63.2 Å². The molecule has 5 fully saturated rings. The highest BCUT2D eigenvalue weighted by Gasteiger charge is 2.56. The van der Waals surface area contributed by atoms with Gasteiger partial charge in [0.25, 0.3) is 0 Å². The number of para-hydroxylation sites is 1. The van der Waals surface area contributed by atoms with E-state index < -0.39 is 11.9 Å². The standard InChI is InChI=1S/C27H28O6/c1-29-19-6-7-23-21(11-19)27(20-4-2-3-5-22(20)31-23)30-15-24(32-27)25(28)33-26-12-16-8-17(13-26)10-18(9-16)14-26/h2-7,11,16-18,24H,8-10,12-15H2,1H3. The molecule has 6 heteroatoms. The Hall–Kier alpha value is -2.57. The fourth-order valence-electron chi connectivity index (χ4n) is 7.37. The molecule has 172 valence electrons. The van der Waals surface area contributed by atoms with E-state index in [9.17, 15) is 4.79 Å². The van der Waals surface area contributed by atoms with Crippen molar-refractivity contribution in [3.63, 3.8) is 0 Å². The fraction of sp³-hybridized carbons (Fsp3) is 0.519. The zero-order valence-electron chi connectivity index (χ0n) is 18.8. The molecule has 0 radical (unpaired) electrons. The van der Waals surface area contributed by atoms with Crippen LogP contribution < -0.4 is 9.47 Å². The second-order valence-corrected chi connectivity index (χ2v) is 10.5. The van der Waals surface area contributed by atoms with Crippen molar-refractivity contribution in [3.05, 3.63) is 53.6 Å². The number of esters is 1. The Morgan fingerprint density at radius 3 is 2.36 bits per heavy atom. The van der Waals surface area contributed by atoms with Crippen molar-refractivity contribution < 1.29 is 28.5 Å². The van der Waals surface area contributed by atoms with E-state index in [1.807, 2.05) is 42.5 Å². The maximum atomic E-state index is 13.4. The van der Waals surface area contributed by atoms with Crippen molar-refractivity contribution in [2.45, 2.75) is 56.0 Å². The maximum absolute atomic E-state index is 13.4. The molecule has 2 aromatic carbocycles. The van der Waals surface area contributed by atoms with Gasteiger partial charge in [0.2, 0.25) is 5.79 Å². The number of fused-ring (bicyclic) bond motifs is 4. The first kappa shape index (κ1) is 19.9. The Balaban J connectivity index is 1.20. The van der Waals surface area contributed by atoms with E-state index in [4.69, 9.17) is 23.7 Å². The minimum atomic E-state index is -1.23. The number of rotatable bonds is 3. The van der Waals surface area contributed by atoms with Crippen LogP contribution >= 0.6 is 0 Å². The van der Waals surface area contributed by atoms with Gasteiger partial charge in [-0.15, -0.1) is 0 Å². The van der Waals surface area contributed by atoms with E-state index in [-0.39, 0.29) is 18.2 Å². The second kappa shape index (κ2) is 6.97. The first-order valence-corrected chi connectivity index (χ1v) is 12.1. The van der Waals surface area contributed by atoms with Gasteiger partial charge in [-0.2, -0.15) is 0 Å². The van der Waals surface area contributed by atoms with Crippen LogP contribution in [0.15, 0.2) is 42.5 Å². The normalized spacial score (nSPS) is 37.4. The zero-order valence-corrected chi connectivity index (χ0v) is 18.8. The van der Waals surface area contributed by atoms with E-state index in [1.165, 1.54) is 19.3 Å². The average molecular weight is 449 g/mol. The third kappa shape index (κ3) is 2.96. The molecule has 8 rings (SSSR count). The van der Waals surface area contributed by atoms with Crippen LogP contribution in [0.4, 0.5) is 0 Å². The van der Waals surface area contributed by atoms with Gasteiger partial charge in [-0.3, -0.25) is 0 Å². The van der Waals surface area contributed by atoms with E-state index in [2.05, 4.69) is 0 Å². The lowest BCUT2D eigenvalue weighted by Gasteiger charge is -2.55. The van der Waals surface area contributed by atoms with Crippen LogP contribution in [0.5, 0.6) is 17.2 Å². The lowest BCUT2D eigenvalue weighted by molar-refractivity contribution is -0.203. The molecule has 0 aromatic heterocycles. The number of carbonyl (C=O) groups is 1. The van der Waals surface area contributed by atoms with Gasteiger partial charge < -0.3 is 23.7 Å². The molecular formula is C27H28O6. The highest BCUT2D eigenvalue weighted by atomic mass is 16.8. The highest BCUT2D eigenvalue weighted by molar-refractivity contribution is 5.76. The number of hydrogen-bond donors (Lipinski definition) is 0. The van der Waals surface area contributed by atoms with Gasteiger partial charge in [0.15, 0.2) is 6.10 Å². The van der Waals surface area contributed by atoms with Crippen molar-refractivity contribution >= 4 is 5.97 Å². The molecule has 2 atom stereocenters. The highest BCUT2D eigenvalue weighted by Crippen LogP contribution is 2.58. The van der Waals surface area contributed by atoms with Crippen LogP contribution in [0.1, 0.15) is 49.7 Å². The molecule has 0 N–H and O–H groups in total. The van der Waals surface area contributed by atoms with Gasteiger partial charge >= 0.3 is 5.97 Å². The summed E-state index contributed by atoms with van der Waals surface area (Å²) in [7, 11) is 1.62. The minimum Gasteiger partial charge on any atom is -0.497 e. The maximum Gasteiger partial charge on any atom is 0.338 e. The SMILES string of the molecule is COc1ccc2c(c1)C1(OCC(C(=O)OC34CC5CC(CC(C5)C3)C4)O1)c1ccccc1O2. The summed E-state index contributed by atoms with van der Waals surface area (Å²) in [5.74, 6) is 2.54. The molecule has 4 bridgehead atoms. The van der Waals surface area contributed by atoms with Crippen molar-refractivity contribution in [1.29, 1.82) is 0 Å². The predicted molar refractivity (Wildman–Crippen MR) is 118 cm³/mol. The van der Waals surface area contributed by atoms with Crippen molar-refractivity contribution in [1.82, 2.24) is 0 Å². The van der Waals surface area contributed by atoms with E-state index >= 15 is 0 Å². The van der Waals surface area contributed by atoms with Crippen LogP contribution in [-0.2, 0) is 24.8 Å². The van der Waals surface area contributed by atoms with Gasteiger partial charge in [-0.1, -0.05) is 12.1 Å². The lowest BCUT2D eigenvalue weighted by atomic mass is 9.54. The Morgan fingerprint density at radius 2 is 1.64 bits per heavy atom. The molecular weight excluding hydrogens is 420 g/mol. The molecule has 2 unspecified atom stereocenters. The van der Waals surface area contributed by atoms with E-state index in [0.29, 0.717) is 40.6 Å². The number of methoxy groups -OCH3 is 1. The summed E-state index contributed by atoms with van der Waals surface area (Å²) in [6, 6.07) is 13.2. The Labute approximate surface area is 193 Å². The molecule has 1 saturated heterocycles. The van der Waals surface area contributed by atoms with Crippen LogP contribution in [-0.4, -0.2) is 31.4 Å². The number of hydrogen-bond acceptors (Lipinski definition) is 6. The summed E-state index contributed by atoms with van der Waals surface area (Å²) in [6.45, 7) is 0.135. The molecule has 1 spiro atoms. The van der Waals surface area contributed by atoms with Crippen LogP contribution in [0.3, 0.4) is 0 Å².